The molecule has 1 heterocycles. The van der Waals surface area contributed by atoms with E-state index in [0.29, 0.717) is 11.2 Å². The lowest BCUT2D eigenvalue weighted by molar-refractivity contribution is -0.120. The molecule has 0 bridgehead atoms. The van der Waals surface area contributed by atoms with Gasteiger partial charge in [-0.3, -0.25) is 4.79 Å². The smallest absolute Gasteiger partial charge is 0.316 e. The van der Waals surface area contributed by atoms with Crippen molar-refractivity contribution in [1.29, 1.82) is 0 Å². The minimum absolute atomic E-state index is 0.154. The first-order valence-electron chi connectivity index (χ1n) is 6.42. The average Bonchev–Trinajstić information content (AvgIpc) is 2.80. The second-order valence-electron chi connectivity index (χ2n) is 5.06. The fourth-order valence-electron chi connectivity index (χ4n) is 1.74. The molecule has 2 rings (SSSR count). The first-order valence-corrected chi connectivity index (χ1v) is 7.97. The maximum atomic E-state index is 12.4. The summed E-state index contributed by atoms with van der Waals surface area (Å²) in [5.74, 6) is -0.591. The number of carbonyl (C=O) groups is 1. The van der Waals surface area contributed by atoms with Gasteiger partial charge in [-0.15, -0.1) is 0 Å². The summed E-state index contributed by atoms with van der Waals surface area (Å²) in [6, 6.07) is 4.49. The van der Waals surface area contributed by atoms with Gasteiger partial charge in [-0.05, 0) is 32.9 Å². The third kappa shape index (κ3) is 2.99. The molecule has 0 aliphatic rings. The predicted molar refractivity (Wildman–Crippen MR) is 78.3 cm³/mol. The average molecular weight is 311 g/mol. The molecule has 1 unspecified atom stereocenters. The highest BCUT2D eigenvalue weighted by Gasteiger charge is 2.34. The van der Waals surface area contributed by atoms with Crippen LogP contribution in [0, 0.1) is 0 Å². The van der Waals surface area contributed by atoms with Crippen LogP contribution in [-0.2, 0) is 14.6 Å². The van der Waals surface area contributed by atoms with Crippen LogP contribution in [0.3, 0.4) is 0 Å². The number of nitrogens with two attached hydrogens (primary N) is 1. The third-order valence-electron chi connectivity index (χ3n) is 2.90. The van der Waals surface area contributed by atoms with E-state index in [1.54, 1.807) is 26.0 Å². The van der Waals surface area contributed by atoms with Crippen LogP contribution in [0.5, 0.6) is 0 Å². The van der Waals surface area contributed by atoms with Gasteiger partial charge in [0.1, 0.15) is 10.8 Å². The Kier molecular flexibility index (Phi) is 3.91. The van der Waals surface area contributed by atoms with Crippen molar-refractivity contribution in [2.45, 2.75) is 37.3 Å². The van der Waals surface area contributed by atoms with Crippen molar-refractivity contribution in [3.05, 3.63) is 18.2 Å². The number of aromatic nitrogens is 1. The van der Waals surface area contributed by atoms with E-state index < -0.39 is 26.2 Å². The van der Waals surface area contributed by atoms with Gasteiger partial charge < -0.3 is 15.5 Å². The first kappa shape index (κ1) is 15.3. The number of nitrogens with zero attached hydrogens (tertiary/aromatic N) is 1. The summed E-state index contributed by atoms with van der Waals surface area (Å²) in [5.41, 5.74) is 6.68. The number of oxazole rings is 1. The molecule has 1 aromatic heterocycles. The van der Waals surface area contributed by atoms with Crippen molar-refractivity contribution in [2.75, 3.05) is 5.73 Å². The molecule has 0 fully saturated rings. The van der Waals surface area contributed by atoms with Gasteiger partial charge >= 0.3 is 5.22 Å². The van der Waals surface area contributed by atoms with Crippen LogP contribution in [0.1, 0.15) is 20.8 Å². The van der Waals surface area contributed by atoms with Gasteiger partial charge in [0.25, 0.3) is 0 Å². The van der Waals surface area contributed by atoms with E-state index in [0.717, 1.165) is 0 Å². The Morgan fingerprint density at radius 3 is 2.62 bits per heavy atom. The van der Waals surface area contributed by atoms with E-state index in [-0.39, 0.29) is 11.6 Å². The van der Waals surface area contributed by atoms with E-state index in [1.165, 1.54) is 13.0 Å². The summed E-state index contributed by atoms with van der Waals surface area (Å²) in [4.78, 5) is 15.8. The SMILES string of the molecule is CC(C)NC(=O)C(C)S(=O)(=O)c1nc2ccc(N)cc2o1. The summed E-state index contributed by atoms with van der Waals surface area (Å²) in [6.45, 7) is 4.80. The van der Waals surface area contributed by atoms with Gasteiger partial charge in [0, 0.05) is 17.8 Å². The lowest BCUT2D eigenvalue weighted by Gasteiger charge is -2.13. The molecule has 0 aliphatic heterocycles. The van der Waals surface area contributed by atoms with Gasteiger partial charge in [-0.2, -0.15) is 4.98 Å². The van der Waals surface area contributed by atoms with Crippen LogP contribution < -0.4 is 11.1 Å². The fourth-order valence-corrected chi connectivity index (χ4v) is 2.82. The highest BCUT2D eigenvalue weighted by molar-refractivity contribution is 7.92. The molecule has 114 valence electrons. The topological polar surface area (TPSA) is 115 Å². The number of carbonyl (C=O) groups excluding carboxylic acids is 1. The Morgan fingerprint density at radius 1 is 1.33 bits per heavy atom. The van der Waals surface area contributed by atoms with Gasteiger partial charge in [0.2, 0.25) is 15.7 Å². The lowest BCUT2D eigenvalue weighted by Crippen LogP contribution is -2.41. The number of fused-ring (bicyclic) bond motifs is 1. The van der Waals surface area contributed by atoms with Crippen molar-refractivity contribution in [3.63, 3.8) is 0 Å². The zero-order chi connectivity index (χ0) is 15.8. The van der Waals surface area contributed by atoms with E-state index in [4.69, 9.17) is 10.2 Å². The van der Waals surface area contributed by atoms with E-state index >= 15 is 0 Å². The number of amides is 1. The fraction of sp³-hybridized carbons (Fsp3) is 0.385. The quantitative estimate of drug-likeness (QED) is 0.817. The van der Waals surface area contributed by atoms with Crippen molar-refractivity contribution in [3.8, 4) is 0 Å². The minimum atomic E-state index is -3.99. The Hall–Kier alpha value is -2.09. The number of anilines is 1. The van der Waals surface area contributed by atoms with Crippen LogP contribution in [-0.4, -0.2) is 30.6 Å². The zero-order valence-corrected chi connectivity index (χ0v) is 12.8. The number of sulfone groups is 1. The Balaban J connectivity index is 2.39. The molecule has 3 N–H and O–H groups in total. The number of hydrogen-bond donors (Lipinski definition) is 2. The maximum absolute atomic E-state index is 12.4. The first-order chi connectivity index (χ1) is 9.71. The molecule has 0 saturated heterocycles. The number of nitrogens with one attached hydrogen (secondary N) is 1. The number of nitrogen functional groups attached to an aromatic ring is 1. The van der Waals surface area contributed by atoms with Crippen molar-refractivity contribution in [1.82, 2.24) is 10.3 Å². The molecule has 0 aliphatic carbocycles. The van der Waals surface area contributed by atoms with Crippen LogP contribution in [0.2, 0.25) is 0 Å². The van der Waals surface area contributed by atoms with Crippen molar-refractivity contribution in [2.24, 2.45) is 0 Å². The minimum Gasteiger partial charge on any atom is -0.428 e. The predicted octanol–water partition coefficient (Wildman–Crippen LogP) is 1.10. The second-order valence-corrected chi connectivity index (χ2v) is 7.20. The van der Waals surface area contributed by atoms with Crippen LogP contribution in [0.25, 0.3) is 11.1 Å². The molecule has 2 aromatic rings. The standard InChI is InChI=1S/C13H17N3O4S/c1-7(2)15-12(17)8(3)21(18,19)13-16-10-5-4-9(14)6-11(10)20-13/h4-8H,14H2,1-3H3,(H,15,17). The Bertz CT molecular complexity index is 780. The van der Waals surface area contributed by atoms with E-state index in [1.807, 2.05) is 0 Å². The normalized spacial score (nSPS) is 13.5. The largest absolute Gasteiger partial charge is 0.428 e. The molecule has 0 spiro atoms. The highest BCUT2D eigenvalue weighted by Crippen LogP contribution is 2.23. The molecule has 1 amide bonds. The molecule has 21 heavy (non-hydrogen) atoms. The van der Waals surface area contributed by atoms with Crippen LogP contribution >= 0.6 is 0 Å². The van der Waals surface area contributed by atoms with Gasteiger partial charge in [0.05, 0.1) is 0 Å². The molecule has 8 heteroatoms. The number of benzene rings is 1. The maximum Gasteiger partial charge on any atom is 0.316 e. The molecular formula is C13H17N3O4S. The van der Waals surface area contributed by atoms with Crippen LogP contribution in [0.15, 0.2) is 27.8 Å². The van der Waals surface area contributed by atoms with Crippen molar-refractivity contribution < 1.29 is 17.6 Å². The molecule has 1 aromatic carbocycles. The molecule has 7 nitrogen and oxygen atoms in total. The summed E-state index contributed by atoms with van der Waals surface area (Å²) in [6.07, 6.45) is 0. The molecule has 0 radical (unpaired) electrons. The molecular weight excluding hydrogens is 294 g/mol. The second kappa shape index (κ2) is 5.36. The highest BCUT2D eigenvalue weighted by atomic mass is 32.2. The van der Waals surface area contributed by atoms with E-state index in [9.17, 15) is 13.2 Å². The van der Waals surface area contributed by atoms with Crippen LogP contribution in [0.4, 0.5) is 5.69 Å². The molecule has 0 saturated carbocycles. The summed E-state index contributed by atoms with van der Waals surface area (Å²) >= 11 is 0. The summed E-state index contributed by atoms with van der Waals surface area (Å²) in [5, 5.41) is 0.790. The summed E-state index contributed by atoms with van der Waals surface area (Å²) in [7, 11) is -3.99. The number of hydrogen-bond acceptors (Lipinski definition) is 6. The van der Waals surface area contributed by atoms with Gasteiger partial charge in [-0.1, -0.05) is 0 Å². The Morgan fingerprint density at radius 2 is 2.00 bits per heavy atom. The summed E-state index contributed by atoms with van der Waals surface area (Å²) < 4.78 is 30.0. The lowest BCUT2D eigenvalue weighted by atomic mass is 10.3. The Labute approximate surface area is 122 Å². The van der Waals surface area contributed by atoms with E-state index in [2.05, 4.69) is 10.3 Å². The zero-order valence-electron chi connectivity index (χ0n) is 12.0. The molecule has 1 atom stereocenters. The third-order valence-corrected chi connectivity index (χ3v) is 4.71. The van der Waals surface area contributed by atoms with Crippen molar-refractivity contribution >= 4 is 32.5 Å². The van der Waals surface area contributed by atoms with Gasteiger partial charge in [-0.25, -0.2) is 8.42 Å². The van der Waals surface area contributed by atoms with Gasteiger partial charge in [0.15, 0.2) is 5.58 Å². The monoisotopic (exact) mass is 311 g/mol. The number of rotatable bonds is 4.